The third-order valence-electron chi connectivity index (χ3n) is 5.32. The van der Waals surface area contributed by atoms with Crippen LogP contribution in [-0.4, -0.2) is 68.8 Å². The lowest BCUT2D eigenvalue weighted by atomic mass is 9.87. The van der Waals surface area contributed by atoms with E-state index in [0.717, 1.165) is 24.8 Å². The third kappa shape index (κ3) is 3.99. The number of nitrogens with zero attached hydrogens (tertiary/aromatic N) is 2. The third-order valence-corrected chi connectivity index (χ3v) is 7.21. The molecule has 3 atom stereocenters. The molecule has 1 aliphatic heterocycles. The van der Waals surface area contributed by atoms with E-state index < -0.39 is 10.0 Å². The number of rotatable bonds is 5. The van der Waals surface area contributed by atoms with E-state index in [0.29, 0.717) is 25.6 Å². The van der Waals surface area contributed by atoms with Gasteiger partial charge < -0.3 is 9.64 Å². The number of fused-ring (bicyclic) bond motifs is 1. The number of morpholine rings is 1. The van der Waals surface area contributed by atoms with Gasteiger partial charge >= 0.3 is 0 Å². The van der Waals surface area contributed by atoms with Crippen molar-refractivity contribution in [1.82, 2.24) is 9.21 Å². The number of hydrogen-bond donors (Lipinski definition) is 0. The second-order valence-corrected chi connectivity index (χ2v) is 9.11. The van der Waals surface area contributed by atoms with Gasteiger partial charge in [-0.1, -0.05) is 30.3 Å². The highest BCUT2D eigenvalue weighted by molar-refractivity contribution is 7.89. The molecule has 0 aromatic heterocycles. The lowest BCUT2D eigenvalue weighted by molar-refractivity contribution is -0.0732. The van der Waals surface area contributed by atoms with Gasteiger partial charge in [0, 0.05) is 12.6 Å². The molecule has 3 rings (SSSR count). The van der Waals surface area contributed by atoms with E-state index in [4.69, 9.17) is 4.74 Å². The van der Waals surface area contributed by atoms with Gasteiger partial charge in [-0.15, -0.1) is 0 Å². The van der Waals surface area contributed by atoms with Gasteiger partial charge in [0.1, 0.15) is 0 Å². The predicted molar refractivity (Wildman–Crippen MR) is 95.5 cm³/mol. The topological polar surface area (TPSA) is 49.9 Å². The van der Waals surface area contributed by atoms with Crippen molar-refractivity contribution in [2.75, 3.05) is 33.0 Å². The summed E-state index contributed by atoms with van der Waals surface area (Å²) < 4.78 is 33.4. The summed E-state index contributed by atoms with van der Waals surface area (Å²) in [6.45, 7) is 0.997. The summed E-state index contributed by atoms with van der Waals surface area (Å²) in [5.74, 6) is 0.178. The first-order valence-electron chi connectivity index (χ1n) is 8.79. The van der Waals surface area contributed by atoms with Crippen LogP contribution in [0.25, 0.3) is 0 Å². The molecular weight excluding hydrogens is 324 g/mol. The standard InChI is InChI=1S/C18H28N2O3S/c1-19(2)16-8-9-17-18(14-16)23-12-11-20(17)24(21,22)13-10-15-6-4-3-5-7-15/h3-7,16-18H,8-14H2,1-2H3. The van der Waals surface area contributed by atoms with Crippen molar-refractivity contribution < 1.29 is 13.2 Å². The molecule has 0 bridgehead atoms. The van der Waals surface area contributed by atoms with Crippen LogP contribution in [0, 0.1) is 0 Å². The molecule has 0 radical (unpaired) electrons. The first kappa shape index (κ1) is 17.9. The summed E-state index contributed by atoms with van der Waals surface area (Å²) in [6, 6.07) is 10.3. The van der Waals surface area contributed by atoms with E-state index >= 15 is 0 Å². The predicted octanol–water partition coefficient (Wildman–Crippen LogP) is 1.74. The molecule has 2 fully saturated rings. The van der Waals surface area contributed by atoms with Gasteiger partial charge in [-0.25, -0.2) is 8.42 Å². The molecular formula is C18H28N2O3S. The molecule has 6 heteroatoms. The minimum atomic E-state index is -3.25. The quantitative estimate of drug-likeness (QED) is 0.810. The summed E-state index contributed by atoms with van der Waals surface area (Å²) in [6.07, 6.45) is 3.44. The first-order chi connectivity index (χ1) is 11.5. The van der Waals surface area contributed by atoms with Crippen LogP contribution in [0.1, 0.15) is 24.8 Å². The molecule has 0 amide bonds. The van der Waals surface area contributed by atoms with Gasteiger partial charge in [0.05, 0.1) is 24.5 Å². The molecule has 0 spiro atoms. The van der Waals surface area contributed by atoms with E-state index in [1.54, 1.807) is 4.31 Å². The Hall–Kier alpha value is -0.950. The number of ether oxygens (including phenoxy) is 1. The van der Waals surface area contributed by atoms with Gasteiger partial charge in [0.25, 0.3) is 0 Å². The molecule has 0 N–H and O–H groups in total. The van der Waals surface area contributed by atoms with E-state index in [2.05, 4.69) is 19.0 Å². The molecule has 24 heavy (non-hydrogen) atoms. The van der Waals surface area contributed by atoms with Crippen LogP contribution in [0.3, 0.4) is 0 Å². The van der Waals surface area contributed by atoms with Crippen LogP contribution in [0.4, 0.5) is 0 Å². The van der Waals surface area contributed by atoms with E-state index in [9.17, 15) is 8.42 Å². The molecule has 134 valence electrons. The van der Waals surface area contributed by atoms with Crippen molar-refractivity contribution in [2.24, 2.45) is 0 Å². The van der Waals surface area contributed by atoms with Crippen LogP contribution in [-0.2, 0) is 21.2 Å². The normalized spacial score (nSPS) is 28.7. The Bertz CT molecular complexity index is 633. The highest BCUT2D eigenvalue weighted by Crippen LogP contribution is 2.32. The zero-order valence-electron chi connectivity index (χ0n) is 14.6. The van der Waals surface area contributed by atoms with Crippen LogP contribution >= 0.6 is 0 Å². The van der Waals surface area contributed by atoms with Crippen LogP contribution in [0.5, 0.6) is 0 Å². The summed E-state index contributed by atoms with van der Waals surface area (Å²) in [7, 11) is 0.921. The first-order valence-corrected chi connectivity index (χ1v) is 10.4. The second-order valence-electron chi connectivity index (χ2n) is 7.07. The highest BCUT2D eigenvalue weighted by atomic mass is 32.2. The summed E-state index contributed by atoms with van der Waals surface area (Å²) in [5, 5.41) is 0. The lowest BCUT2D eigenvalue weighted by Gasteiger charge is -2.46. The number of sulfonamides is 1. The minimum absolute atomic E-state index is 0.00993. The molecule has 1 aliphatic carbocycles. The van der Waals surface area contributed by atoms with Crippen molar-refractivity contribution >= 4 is 10.0 Å². The number of hydrogen-bond acceptors (Lipinski definition) is 4. The van der Waals surface area contributed by atoms with Gasteiger partial charge in [-0.3, -0.25) is 0 Å². The molecule has 1 saturated carbocycles. The SMILES string of the molecule is CN(C)C1CCC2C(C1)OCCN2S(=O)(=O)CCc1ccccc1. The van der Waals surface area contributed by atoms with Crippen molar-refractivity contribution in [2.45, 2.75) is 43.9 Å². The van der Waals surface area contributed by atoms with Gasteiger partial charge in [-0.05, 0) is 45.3 Å². The largest absolute Gasteiger partial charge is 0.375 e. The molecule has 5 nitrogen and oxygen atoms in total. The fourth-order valence-corrected chi connectivity index (χ4v) is 5.62. The highest BCUT2D eigenvalue weighted by Gasteiger charge is 2.42. The Kier molecular flexibility index (Phi) is 5.59. The molecule has 1 aromatic carbocycles. The zero-order chi connectivity index (χ0) is 17.2. The molecule has 1 heterocycles. The van der Waals surface area contributed by atoms with E-state index in [-0.39, 0.29) is 17.9 Å². The van der Waals surface area contributed by atoms with Crippen LogP contribution in [0.15, 0.2) is 30.3 Å². The summed E-state index contributed by atoms with van der Waals surface area (Å²) in [5.41, 5.74) is 1.07. The second kappa shape index (κ2) is 7.52. The Balaban J connectivity index is 1.66. The van der Waals surface area contributed by atoms with Gasteiger partial charge in [0.2, 0.25) is 10.0 Å². The van der Waals surface area contributed by atoms with Gasteiger partial charge in [-0.2, -0.15) is 4.31 Å². The Labute approximate surface area is 145 Å². The Morgan fingerprint density at radius 3 is 2.67 bits per heavy atom. The maximum atomic E-state index is 12.9. The van der Waals surface area contributed by atoms with Crippen LogP contribution < -0.4 is 0 Å². The Morgan fingerprint density at radius 2 is 1.96 bits per heavy atom. The number of aryl methyl sites for hydroxylation is 1. The average molecular weight is 353 g/mol. The summed E-state index contributed by atoms with van der Waals surface area (Å²) in [4.78, 5) is 2.22. The fraction of sp³-hybridized carbons (Fsp3) is 0.667. The number of benzene rings is 1. The zero-order valence-corrected chi connectivity index (χ0v) is 15.4. The van der Waals surface area contributed by atoms with E-state index in [1.807, 2.05) is 30.3 Å². The minimum Gasteiger partial charge on any atom is -0.375 e. The smallest absolute Gasteiger partial charge is 0.214 e. The van der Waals surface area contributed by atoms with Crippen molar-refractivity contribution in [3.05, 3.63) is 35.9 Å². The fourth-order valence-electron chi connectivity index (χ4n) is 3.88. The van der Waals surface area contributed by atoms with Crippen LogP contribution in [0.2, 0.25) is 0 Å². The maximum absolute atomic E-state index is 12.9. The van der Waals surface area contributed by atoms with E-state index in [1.165, 1.54) is 0 Å². The molecule has 1 saturated heterocycles. The molecule has 1 aromatic rings. The maximum Gasteiger partial charge on any atom is 0.214 e. The summed E-state index contributed by atoms with van der Waals surface area (Å²) >= 11 is 0. The lowest BCUT2D eigenvalue weighted by Crippen LogP contribution is -2.58. The van der Waals surface area contributed by atoms with Gasteiger partial charge in [0.15, 0.2) is 0 Å². The molecule has 3 unspecified atom stereocenters. The average Bonchev–Trinajstić information content (AvgIpc) is 2.60. The van der Waals surface area contributed by atoms with Crippen molar-refractivity contribution in [3.8, 4) is 0 Å². The molecule has 2 aliphatic rings. The monoisotopic (exact) mass is 352 g/mol. The van der Waals surface area contributed by atoms with Crippen molar-refractivity contribution in [3.63, 3.8) is 0 Å². The van der Waals surface area contributed by atoms with Crippen molar-refractivity contribution in [1.29, 1.82) is 0 Å². The Morgan fingerprint density at radius 1 is 1.21 bits per heavy atom.